The van der Waals surface area contributed by atoms with Gasteiger partial charge in [0.25, 0.3) is 5.91 Å². The van der Waals surface area contributed by atoms with Crippen molar-refractivity contribution in [1.82, 2.24) is 42.9 Å². The highest BCUT2D eigenvalue weighted by atomic mass is 32.2. The Kier molecular flexibility index (Phi) is 29.7. The molecule has 0 unspecified atom stereocenters. The van der Waals surface area contributed by atoms with Crippen molar-refractivity contribution in [1.29, 1.82) is 0 Å². The number of fused-ring (bicyclic) bond motifs is 4. The number of hydrogen-bond donors (Lipinski definition) is 5. The first kappa shape index (κ1) is 87.0. The molecule has 4 saturated carbocycles. The summed E-state index contributed by atoms with van der Waals surface area (Å²) >= 11 is 0. The number of allylic oxidation sites excluding steroid dienone is 2. The number of aryl methyl sites for hydroxylation is 4. The van der Waals surface area contributed by atoms with Gasteiger partial charge < -0.3 is 53.7 Å². The molecule has 0 aliphatic heterocycles. The third-order valence-corrected chi connectivity index (χ3v) is 24.1. The molecule has 0 spiro atoms. The van der Waals surface area contributed by atoms with Crippen LogP contribution in [0, 0.1) is 46.9 Å². The van der Waals surface area contributed by atoms with Crippen molar-refractivity contribution in [3.05, 3.63) is 131 Å². The number of amides is 3. The molecule has 612 valence electrons. The van der Waals surface area contributed by atoms with Crippen molar-refractivity contribution in [2.75, 3.05) is 90.1 Å². The fourth-order valence-electron chi connectivity index (χ4n) is 14.4. The molecular formula is C77H103F4N13O14S4. The molecule has 3 amide bonds. The highest BCUT2D eigenvalue weighted by Crippen LogP contribution is 2.38. The fourth-order valence-corrected chi connectivity index (χ4v) is 16.7. The Hall–Kier alpha value is -8.96. The maximum atomic E-state index is 15.1. The average molecular weight is 1640 g/mol. The van der Waals surface area contributed by atoms with E-state index in [9.17, 15) is 57.2 Å². The van der Waals surface area contributed by atoms with Crippen molar-refractivity contribution in [2.45, 2.75) is 168 Å². The summed E-state index contributed by atoms with van der Waals surface area (Å²) in [5.74, 6) is -4.06. The molecule has 0 saturated heterocycles. The van der Waals surface area contributed by atoms with Crippen molar-refractivity contribution in [2.24, 2.45) is 23.7 Å². The molecule has 27 nitrogen and oxygen atoms in total. The number of aromatic nitrogens is 8. The number of ether oxygens (including phenoxy) is 2. The molecule has 5 N–H and O–H groups in total. The van der Waals surface area contributed by atoms with Crippen LogP contribution in [0.2, 0.25) is 0 Å². The maximum Gasteiger partial charge on any atom is 0.256 e. The van der Waals surface area contributed by atoms with Gasteiger partial charge in [-0.2, -0.15) is 8.78 Å². The van der Waals surface area contributed by atoms with Gasteiger partial charge in [-0.25, -0.2) is 62.4 Å². The van der Waals surface area contributed by atoms with Gasteiger partial charge in [-0.1, -0.05) is 90.2 Å². The van der Waals surface area contributed by atoms with Crippen molar-refractivity contribution >= 4 is 108 Å². The van der Waals surface area contributed by atoms with Crippen LogP contribution >= 0.6 is 0 Å². The van der Waals surface area contributed by atoms with Crippen LogP contribution in [0.4, 0.5) is 40.3 Å². The molecule has 0 radical (unpaired) electrons. The number of imidazole rings is 4. The van der Waals surface area contributed by atoms with Crippen LogP contribution in [0.5, 0.6) is 11.5 Å². The number of rotatable bonds is 27. The second-order valence-corrected chi connectivity index (χ2v) is 38.6. The largest absolute Gasteiger partial charge is 0.491 e. The van der Waals surface area contributed by atoms with Crippen LogP contribution < -0.4 is 36.1 Å². The molecule has 4 aliphatic rings. The predicted octanol–water partition coefficient (Wildman–Crippen LogP) is 12.3. The highest BCUT2D eigenvalue weighted by molar-refractivity contribution is 7.91. The lowest BCUT2D eigenvalue weighted by molar-refractivity contribution is -0.121. The Labute approximate surface area is 651 Å². The van der Waals surface area contributed by atoms with E-state index in [4.69, 9.17) is 9.47 Å². The van der Waals surface area contributed by atoms with Gasteiger partial charge in [-0.3, -0.25) is 19.2 Å². The number of pyridine rings is 4. The summed E-state index contributed by atoms with van der Waals surface area (Å²) in [5, 5.41) is 14.3. The number of nitrogens with one attached hydrogen (secondary N) is 5. The molecule has 0 atom stereocenters. The predicted molar refractivity (Wildman–Crippen MR) is 424 cm³/mol. The van der Waals surface area contributed by atoms with Gasteiger partial charge >= 0.3 is 0 Å². The minimum absolute atomic E-state index is 0.0162. The Bertz CT molecular complexity index is 5270. The van der Waals surface area contributed by atoms with E-state index in [1.165, 1.54) is 78.6 Å². The maximum absolute atomic E-state index is 15.1. The summed E-state index contributed by atoms with van der Waals surface area (Å²) in [6.07, 6.45) is 38.8. The second kappa shape index (κ2) is 38.2. The summed E-state index contributed by atoms with van der Waals surface area (Å²) < 4.78 is 168. The number of nitrogens with zero attached hydrogens (tertiary/aromatic N) is 8. The molecule has 0 bridgehead atoms. The molecule has 112 heavy (non-hydrogen) atoms. The molecule has 12 rings (SSSR count). The third-order valence-electron chi connectivity index (χ3n) is 20.3. The van der Waals surface area contributed by atoms with E-state index in [1.807, 2.05) is 0 Å². The molecule has 8 aromatic rings. The first-order valence-corrected chi connectivity index (χ1v) is 46.1. The molecule has 8 aromatic heterocycles. The molecular weight excluding hydrogens is 1540 g/mol. The minimum atomic E-state index is -3.20. The van der Waals surface area contributed by atoms with Crippen molar-refractivity contribution in [3.63, 3.8) is 0 Å². The Balaban J connectivity index is 0.000000171. The molecule has 4 fully saturated rings. The number of methoxy groups -OCH3 is 1. The Morgan fingerprint density at radius 2 is 0.714 bits per heavy atom. The van der Waals surface area contributed by atoms with Crippen LogP contribution in [0.25, 0.3) is 22.6 Å². The van der Waals surface area contributed by atoms with Gasteiger partial charge in [0.15, 0.2) is 51.5 Å². The zero-order chi connectivity index (χ0) is 81.6. The summed E-state index contributed by atoms with van der Waals surface area (Å²) in [6, 6.07) is 0. The van der Waals surface area contributed by atoms with Gasteiger partial charge in [0.05, 0.1) is 76.4 Å². The number of Topliss-reactive ketones (excluding diaryl/α,β-unsaturated/α-hetero) is 1. The van der Waals surface area contributed by atoms with Crippen molar-refractivity contribution in [3.8, 4) is 11.5 Å². The van der Waals surface area contributed by atoms with E-state index >= 15 is 13.2 Å². The first-order chi connectivity index (χ1) is 52.9. The lowest BCUT2D eigenvalue weighted by Crippen LogP contribution is -2.28. The van der Waals surface area contributed by atoms with Crippen LogP contribution in [0.1, 0.15) is 186 Å². The fraction of sp³-hybridized carbons (Fsp3) is 0.532. The van der Waals surface area contributed by atoms with Gasteiger partial charge in [-0.05, 0) is 77.0 Å². The zero-order valence-electron chi connectivity index (χ0n) is 64.8. The lowest BCUT2D eigenvalue weighted by atomic mass is 9.87. The van der Waals surface area contributed by atoms with Gasteiger partial charge in [-0.15, -0.1) is 0 Å². The SMILES string of the molecule is C=C(Nc1cn2cc(CCS(C)(=O)=O)nc2c(F)c1C(C)=O)C1CCCCC1.C=C(Nc1cn2cc(CCS(C)(=O)=O)nc2c(F)c1OC)C1CCCCC1.CCOc1c(NC(=O)C2CCCCC2)cn2cc(CCS(C)(=O)=O)nc2c1F.CNC(=O)c1c(NC(=O)C2CCCCC2)cn2cc(CCS(C)(=O)=O)nc2c1F. The van der Waals surface area contributed by atoms with Gasteiger partial charge in [0.1, 0.15) is 56.3 Å². The van der Waals surface area contributed by atoms with E-state index < -0.39 is 74.3 Å². The smallest absolute Gasteiger partial charge is 0.256 e. The van der Waals surface area contributed by atoms with Crippen LogP contribution in [0.15, 0.2) is 74.1 Å². The van der Waals surface area contributed by atoms with E-state index in [0.717, 1.165) is 133 Å². The number of ketones is 1. The number of carbonyl (C=O) groups is 4. The number of sulfone groups is 4. The van der Waals surface area contributed by atoms with Crippen LogP contribution in [-0.4, -0.2) is 164 Å². The average Bonchev–Trinajstić information content (AvgIpc) is 1.65. The van der Waals surface area contributed by atoms with E-state index in [-0.39, 0.29) is 136 Å². The van der Waals surface area contributed by atoms with E-state index in [1.54, 1.807) is 48.5 Å². The summed E-state index contributed by atoms with van der Waals surface area (Å²) in [6.45, 7) is 11.5. The van der Waals surface area contributed by atoms with Crippen LogP contribution in [0.3, 0.4) is 0 Å². The van der Waals surface area contributed by atoms with Crippen molar-refractivity contribution < 1.29 is 79.9 Å². The standard InChI is InChI=1S/C20H26FN3O3S.C19H25FN4O4S.C19H26FN3O4S.C19H26FN3O3S/c1-13(15-7-5-4-6-8-15)22-17-12-24-11-16(9-10-28(3,26)27)23-20(24)19(21)18(17)14(2)25;1-21-19(26)15-14(23-18(25)12-6-4-3-5-7-12)11-24-10-13(8-9-29(2,27)28)22-17(24)16(15)20;1-3-27-17-15(22-19(24)13-7-5-4-6-8-13)12-23-11-14(9-10-28(2,25)26)21-18(23)16(17)20;1-13(14-7-5-4-6-8-14)21-16-12-23-11-15(9-10-27(3,24)25)22-19(23)17(20)18(16)26-2/h11-12,15,22H,1,4-10H2,2-3H3;10-12H,3-9H2,1-2H3,(H,21,26)(H,23,25);11-13H,3-10H2,1-2H3,(H,22,24);11-12,14,21H,1,4-10H2,2-3H3. The quantitative estimate of drug-likeness (QED) is 0.0236. The minimum Gasteiger partial charge on any atom is -0.491 e. The Morgan fingerprint density at radius 1 is 0.429 bits per heavy atom. The number of anilines is 4. The summed E-state index contributed by atoms with van der Waals surface area (Å²) in [4.78, 5) is 66.4. The summed E-state index contributed by atoms with van der Waals surface area (Å²) in [7, 11) is -9.81. The van der Waals surface area contributed by atoms with E-state index in [2.05, 4.69) is 59.7 Å². The second-order valence-electron chi connectivity index (χ2n) is 29.6. The molecule has 8 heterocycles. The lowest BCUT2D eigenvalue weighted by Gasteiger charge is -2.25. The third kappa shape index (κ3) is 23.8. The Morgan fingerprint density at radius 3 is 1.04 bits per heavy atom. The first-order valence-electron chi connectivity index (χ1n) is 37.9. The number of halogens is 4. The normalized spacial score (nSPS) is 15.6. The van der Waals surface area contributed by atoms with Crippen LogP contribution in [-0.2, 0) is 74.6 Å². The molecule has 0 aromatic carbocycles. The summed E-state index contributed by atoms with van der Waals surface area (Å²) in [5.41, 5.74) is 4.40. The monoisotopic (exact) mass is 1640 g/mol. The number of carbonyl (C=O) groups excluding carboxylic acids is 4. The van der Waals surface area contributed by atoms with Gasteiger partial charge in [0.2, 0.25) is 23.4 Å². The van der Waals surface area contributed by atoms with Gasteiger partial charge in [0, 0.05) is 131 Å². The highest BCUT2D eigenvalue weighted by Gasteiger charge is 2.30. The van der Waals surface area contributed by atoms with E-state index in [0.29, 0.717) is 46.0 Å². The zero-order valence-corrected chi connectivity index (χ0v) is 68.1. The molecule has 35 heteroatoms. The topological polar surface area (TPSA) is 353 Å². The molecule has 4 aliphatic carbocycles. The number of hydrogen-bond acceptors (Lipinski definition) is 20.